The highest BCUT2D eigenvalue weighted by molar-refractivity contribution is 6.08. The van der Waals surface area contributed by atoms with Crippen LogP contribution in [0.2, 0.25) is 0 Å². The second-order valence-electron chi connectivity index (χ2n) is 6.37. The number of carbonyl (C=O) groups is 5. The van der Waals surface area contributed by atoms with Crippen LogP contribution in [0.1, 0.15) is 39.5 Å². The first kappa shape index (κ1) is 18.9. The van der Waals surface area contributed by atoms with Crippen molar-refractivity contribution in [2.75, 3.05) is 7.05 Å². The summed E-state index contributed by atoms with van der Waals surface area (Å²) in [6.45, 7) is 2.70. The minimum Gasteiger partial charge on any atom is -0.451 e. The number of hydrogen-bond donors (Lipinski definition) is 2. The minimum atomic E-state index is -1.23. The molecule has 0 unspecified atom stereocenters. The fourth-order valence-corrected chi connectivity index (χ4v) is 3.28. The summed E-state index contributed by atoms with van der Waals surface area (Å²) >= 11 is 0. The molecule has 0 aromatic rings. The molecule has 9 nitrogen and oxygen atoms in total. The van der Waals surface area contributed by atoms with Crippen LogP contribution >= 0.6 is 0 Å². The van der Waals surface area contributed by atoms with Crippen molar-refractivity contribution in [2.24, 2.45) is 11.8 Å². The van der Waals surface area contributed by atoms with Crippen molar-refractivity contribution in [3.8, 4) is 0 Å². The third kappa shape index (κ3) is 3.80. The zero-order valence-electron chi connectivity index (χ0n) is 14.5. The standard InChI is InChI=1S/C16H23N3O6/c1-8(15(23)25-9(2)12(20)18-16(24)17-3)19-13(21)10-6-4-5-7-11(10)14(19)22/h8-11H,4-7H2,1-3H3,(H2,17,18,20,24)/t8-,9+,10-,11-/m0/s1. The second-order valence-corrected chi connectivity index (χ2v) is 6.37. The summed E-state index contributed by atoms with van der Waals surface area (Å²) in [5, 5.41) is 4.19. The lowest BCUT2D eigenvalue weighted by molar-refractivity contribution is -0.163. The van der Waals surface area contributed by atoms with E-state index in [2.05, 4.69) is 5.32 Å². The van der Waals surface area contributed by atoms with E-state index in [1.807, 2.05) is 5.32 Å². The molecule has 0 aromatic carbocycles. The fraction of sp³-hybridized carbons (Fsp3) is 0.688. The number of hydrogen-bond acceptors (Lipinski definition) is 6. The average Bonchev–Trinajstić information content (AvgIpc) is 2.85. The Balaban J connectivity index is 1.99. The van der Waals surface area contributed by atoms with Gasteiger partial charge < -0.3 is 10.1 Å². The van der Waals surface area contributed by atoms with E-state index in [1.54, 1.807) is 0 Å². The van der Waals surface area contributed by atoms with Crippen LogP contribution < -0.4 is 10.6 Å². The molecule has 25 heavy (non-hydrogen) atoms. The second kappa shape index (κ2) is 7.62. The number of nitrogens with one attached hydrogen (secondary N) is 2. The van der Waals surface area contributed by atoms with Gasteiger partial charge in [0.15, 0.2) is 6.10 Å². The summed E-state index contributed by atoms with van der Waals surface area (Å²) in [5.41, 5.74) is 0. The Kier molecular flexibility index (Phi) is 5.76. The molecular formula is C16H23N3O6. The molecule has 2 rings (SSSR count). The molecule has 1 saturated carbocycles. The Bertz CT molecular complexity index is 581. The minimum absolute atomic E-state index is 0.346. The molecule has 0 spiro atoms. The topological polar surface area (TPSA) is 122 Å². The van der Waals surface area contributed by atoms with Gasteiger partial charge in [0.1, 0.15) is 6.04 Å². The van der Waals surface area contributed by atoms with Crippen LogP contribution in [0.5, 0.6) is 0 Å². The Labute approximate surface area is 145 Å². The molecule has 2 aliphatic rings. The molecule has 138 valence electrons. The molecule has 9 heteroatoms. The van der Waals surface area contributed by atoms with Crippen molar-refractivity contribution in [3.05, 3.63) is 0 Å². The third-order valence-corrected chi connectivity index (χ3v) is 4.73. The van der Waals surface area contributed by atoms with Gasteiger partial charge in [-0.15, -0.1) is 0 Å². The van der Waals surface area contributed by atoms with E-state index >= 15 is 0 Å². The van der Waals surface area contributed by atoms with Crippen molar-refractivity contribution < 1.29 is 28.7 Å². The van der Waals surface area contributed by atoms with E-state index in [4.69, 9.17) is 4.74 Å². The molecule has 1 saturated heterocycles. The molecule has 1 aliphatic heterocycles. The van der Waals surface area contributed by atoms with Crippen LogP contribution in [0.3, 0.4) is 0 Å². The van der Waals surface area contributed by atoms with Gasteiger partial charge in [0.2, 0.25) is 11.8 Å². The normalized spacial score (nSPS) is 25.0. The highest BCUT2D eigenvalue weighted by Crippen LogP contribution is 2.38. The van der Waals surface area contributed by atoms with E-state index in [0.717, 1.165) is 17.7 Å². The average molecular weight is 353 g/mol. The lowest BCUT2D eigenvalue weighted by Gasteiger charge is -2.23. The molecule has 1 heterocycles. The first-order valence-electron chi connectivity index (χ1n) is 8.38. The largest absolute Gasteiger partial charge is 0.451 e. The SMILES string of the molecule is CNC(=O)NC(=O)[C@@H](C)OC(=O)[C@H](C)N1C(=O)[C@H]2CCCC[C@@H]2C1=O. The monoisotopic (exact) mass is 353 g/mol. The fourth-order valence-electron chi connectivity index (χ4n) is 3.28. The Morgan fingerprint density at radius 2 is 1.60 bits per heavy atom. The predicted molar refractivity (Wildman–Crippen MR) is 84.9 cm³/mol. The molecule has 0 radical (unpaired) electrons. The molecule has 5 amide bonds. The zero-order chi connectivity index (χ0) is 18.7. The van der Waals surface area contributed by atoms with Crippen molar-refractivity contribution in [1.29, 1.82) is 0 Å². The Morgan fingerprint density at radius 1 is 1.08 bits per heavy atom. The number of likely N-dealkylation sites (tertiary alicyclic amines) is 1. The van der Waals surface area contributed by atoms with Crippen molar-refractivity contribution in [1.82, 2.24) is 15.5 Å². The number of urea groups is 1. The predicted octanol–water partition coefficient (Wildman–Crippen LogP) is -0.0626. The summed E-state index contributed by atoms with van der Waals surface area (Å²) in [7, 11) is 1.34. The summed E-state index contributed by atoms with van der Waals surface area (Å²) in [5.74, 6) is -3.06. The molecule has 2 fully saturated rings. The van der Waals surface area contributed by atoms with E-state index < -0.39 is 30.1 Å². The molecule has 1 aliphatic carbocycles. The van der Waals surface area contributed by atoms with Crippen LogP contribution in [0.15, 0.2) is 0 Å². The van der Waals surface area contributed by atoms with Gasteiger partial charge in [0.05, 0.1) is 11.8 Å². The number of amides is 5. The number of esters is 1. The lowest BCUT2D eigenvalue weighted by Crippen LogP contribution is -2.48. The lowest BCUT2D eigenvalue weighted by atomic mass is 9.81. The van der Waals surface area contributed by atoms with Gasteiger partial charge in [-0.3, -0.25) is 24.6 Å². The maximum atomic E-state index is 12.5. The van der Waals surface area contributed by atoms with Gasteiger partial charge in [0, 0.05) is 7.05 Å². The van der Waals surface area contributed by atoms with Crippen molar-refractivity contribution >= 4 is 29.7 Å². The van der Waals surface area contributed by atoms with Gasteiger partial charge in [-0.05, 0) is 26.7 Å². The number of carbonyl (C=O) groups excluding carboxylic acids is 5. The number of fused-ring (bicyclic) bond motifs is 1. The zero-order valence-corrected chi connectivity index (χ0v) is 14.5. The van der Waals surface area contributed by atoms with Gasteiger partial charge >= 0.3 is 12.0 Å². The maximum absolute atomic E-state index is 12.5. The molecule has 0 bridgehead atoms. The van der Waals surface area contributed by atoms with Crippen LogP contribution in [0, 0.1) is 11.8 Å². The van der Waals surface area contributed by atoms with E-state index in [-0.39, 0.29) is 23.7 Å². The molecule has 0 aromatic heterocycles. The van der Waals surface area contributed by atoms with Gasteiger partial charge in [0.25, 0.3) is 5.91 Å². The summed E-state index contributed by atoms with van der Waals surface area (Å²) in [4.78, 5) is 61.0. The van der Waals surface area contributed by atoms with E-state index in [9.17, 15) is 24.0 Å². The molecule has 4 atom stereocenters. The number of ether oxygens (including phenoxy) is 1. The van der Waals surface area contributed by atoms with E-state index in [1.165, 1.54) is 20.9 Å². The highest BCUT2D eigenvalue weighted by Gasteiger charge is 2.51. The highest BCUT2D eigenvalue weighted by atomic mass is 16.5. The molecular weight excluding hydrogens is 330 g/mol. The van der Waals surface area contributed by atoms with Gasteiger partial charge in [-0.25, -0.2) is 9.59 Å². The Morgan fingerprint density at radius 3 is 2.08 bits per heavy atom. The van der Waals surface area contributed by atoms with Gasteiger partial charge in [-0.2, -0.15) is 0 Å². The van der Waals surface area contributed by atoms with Crippen molar-refractivity contribution in [3.63, 3.8) is 0 Å². The first-order valence-corrected chi connectivity index (χ1v) is 8.38. The van der Waals surface area contributed by atoms with Crippen LogP contribution in [0.4, 0.5) is 4.79 Å². The third-order valence-electron chi connectivity index (χ3n) is 4.73. The van der Waals surface area contributed by atoms with Crippen LogP contribution in [0.25, 0.3) is 0 Å². The summed E-state index contributed by atoms with van der Waals surface area (Å²) in [6, 6.07) is -1.84. The van der Waals surface area contributed by atoms with Crippen molar-refractivity contribution in [2.45, 2.75) is 51.7 Å². The Hall–Kier alpha value is -2.45. The van der Waals surface area contributed by atoms with Gasteiger partial charge in [-0.1, -0.05) is 12.8 Å². The number of rotatable bonds is 4. The van der Waals surface area contributed by atoms with Crippen LogP contribution in [-0.2, 0) is 23.9 Å². The summed E-state index contributed by atoms with van der Waals surface area (Å²) in [6.07, 6.45) is 1.85. The quantitative estimate of drug-likeness (QED) is 0.539. The van der Waals surface area contributed by atoms with Crippen LogP contribution in [-0.4, -0.2) is 53.8 Å². The van der Waals surface area contributed by atoms with E-state index in [0.29, 0.717) is 12.8 Å². The smallest absolute Gasteiger partial charge is 0.329 e. The number of nitrogens with zero attached hydrogens (tertiary/aromatic N) is 1. The maximum Gasteiger partial charge on any atom is 0.329 e. The number of imide groups is 2. The summed E-state index contributed by atoms with van der Waals surface area (Å²) < 4.78 is 5.00. The molecule has 2 N–H and O–H groups in total. The first-order chi connectivity index (χ1) is 11.8.